The maximum absolute atomic E-state index is 12.1. The number of carbonyl (C=O) groups is 1. The summed E-state index contributed by atoms with van der Waals surface area (Å²) in [5.74, 6) is 1.12. The number of hydrogen-bond acceptors (Lipinski definition) is 5. The van der Waals surface area contributed by atoms with E-state index in [1.165, 1.54) is 0 Å². The lowest BCUT2D eigenvalue weighted by Gasteiger charge is -2.20. The van der Waals surface area contributed by atoms with E-state index in [0.29, 0.717) is 23.7 Å². The lowest BCUT2D eigenvalue weighted by atomic mass is 10.1. The number of ether oxygens (including phenoxy) is 1. The third-order valence-electron chi connectivity index (χ3n) is 2.86. The SMILES string of the molecule is CCn1nnnc1COc1cccc(C(=O)NC(C)(C)C)c1. The molecule has 0 fully saturated rings. The quantitative estimate of drug-likeness (QED) is 0.910. The largest absolute Gasteiger partial charge is 0.486 e. The van der Waals surface area contributed by atoms with E-state index < -0.39 is 0 Å². The molecule has 1 aromatic carbocycles. The Balaban J connectivity index is 2.04. The number of rotatable bonds is 5. The lowest BCUT2D eigenvalue weighted by Crippen LogP contribution is -2.40. The van der Waals surface area contributed by atoms with Crippen molar-refractivity contribution < 1.29 is 9.53 Å². The monoisotopic (exact) mass is 303 g/mol. The minimum Gasteiger partial charge on any atom is -0.486 e. The van der Waals surface area contributed by atoms with E-state index in [-0.39, 0.29) is 18.1 Å². The van der Waals surface area contributed by atoms with E-state index in [9.17, 15) is 4.79 Å². The number of tetrazole rings is 1. The second kappa shape index (κ2) is 6.55. The molecule has 0 bridgehead atoms. The van der Waals surface area contributed by atoms with Crippen molar-refractivity contribution in [2.24, 2.45) is 0 Å². The lowest BCUT2D eigenvalue weighted by molar-refractivity contribution is 0.0919. The topological polar surface area (TPSA) is 81.9 Å². The van der Waals surface area contributed by atoms with Crippen LogP contribution in [-0.4, -0.2) is 31.7 Å². The summed E-state index contributed by atoms with van der Waals surface area (Å²) >= 11 is 0. The van der Waals surface area contributed by atoms with Crippen LogP contribution in [0.4, 0.5) is 0 Å². The molecule has 1 heterocycles. The summed E-state index contributed by atoms with van der Waals surface area (Å²) < 4.78 is 7.33. The predicted octanol–water partition coefficient (Wildman–Crippen LogP) is 1.80. The first-order valence-electron chi connectivity index (χ1n) is 7.19. The zero-order valence-electron chi connectivity index (χ0n) is 13.3. The number of hydrogen-bond donors (Lipinski definition) is 1. The molecule has 0 aliphatic heterocycles. The second-order valence-electron chi connectivity index (χ2n) is 5.93. The minimum absolute atomic E-state index is 0.128. The normalized spacial score (nSPS) is 11.3. The number of benzene rings is 1. The number of carbonyl (C=O) groups excluding carboxylic acids is 1. The first kappa shape index (κ1) is 15.9. The second-order valence-corrected chi connectivity index (χ2v) is 5.93. The molecule has 1 N–H and O–H groups in total. The molecular weight excluding hydrogens is 282 g/mol. The van der Waals surface area contributed by atoms with Crippen LogP contribution in [0.25, 0.3) is 0 Å². The highest BCUT2D eigenvalue weighted by Crippen LogP contribution is 2.15. The van der Waals surface area contributed by atoms with Crippen LogP contribution in [0, 0.1) is 0 Å². The smallest absolute Gasteiger partial charge is 0.251 e. The summed E-state index contributed by atoms with van der Waals surface area (Å²) in [6.45, 7) is 8.71. The molecule has 22 heavy (non-hydrogen) atoms. The summed E-state index contributed by atoms with van der Waals surface area (Å²) in [6, 6.07) is 7.05. The van der Waals surface area contributed by atoms with Gasteiger partial charge in [-0.25, -0.2) is 4.68 Å². The fraction of sp³-hybridized carbons (Fsp3) is 0.467. The average molecular weight is 303 g/mol. The van der Waals surface area contributed by atoms with Crippen molar-refractivity contribution in [2.45, 2.75) is 46.4 Å². The van der Waals surface area contributed by atoms with Gasteiger partial charge in [-0.1, -0.05) is 6.07 Å². The van der Waals surface area contributed by atoms with Gasteiger partial charge in [0.2, 0.25) is 0 Å². The number of nitrogens with zero attached hydrogens (tertiary/aromatic N) is 4. The molecule has 0 saturated heterocycles. The molecule has 7 heteroatoms. The van der Waals surface area contributed by atoms with E-state index in [1.807, 2.05) is 27.7 Å². The van der Waals surface area contributed by atoms with E-state index in [4.69, 9.17) is 4.74 Å². The van der Waals surface area contributed by atoms with Crippen LogP contribution < -0.4 is 10.1 Å². The fourth-order valence-corrected chi connectivity index (χ4v) is 1.86. The molecule has 0 saturated carbocycles. The predicted molar refractivity (Wildman–Crippen MR) is 81.5 cm³/mol. The molecule has 0 aliphatic carbocycles. The van der Waals surface area contributed by atoms with Gasteiger partial charge in [-0.15, -0.1) is 5.10 Å². The van der Waals surface area contributed by atoms with Gasteiger partial charge < -0.3 is 10.1 Å². The highest BCUT2D eigenvalue weighted by molar-refractivity contribution is 5.95. The first-order valence-corrected chi connectivity index (χ1v) is 7.19. The maximum Gasteiger partial charge on any atom is 0.251 e. The molecule has 0 aliphatic rings. The van der Waals surface area contributed by atoms with Crippen molar-refractivity contribution in [2.75, 3.05) is 0 Å². The number of aryl methyl sites for hydroxylation is 1. The zero-order chi connectivity index (χ0) is 16.2. The van der Waals surface area contributed by atoms with Gasteiger partial charge in [0.15, 0.2) is 5.82 Å². The van der Waals surface area contributed by atoms with Crippen LogP contribution in [0.2, 0.25) is 0 Å². The molecule has 2 aromatic rings. The molecular formula is C15H21N5O2. The molecule has 7 nitrogen and oxygen atoms in total. The Hall–Kier alpha value is -2.44. The van der Waals surface area contributed by atoms with Gasteiger partial charge in [0.05, 0.1) is 0 Å². The van der Waals surface area contributed by atoms with E-state index in [0.717, 1.165) is 0 Å². The van der Waals surface area contributed by atoms with Crippen LogP contribution >= 0.6 is 0 Å². The van der Waals surface area contributed by atoms with Gasteiger partial charge in [0, 0.05) is 17.6 Å². The Kier molecular flexibility index (Phi) is 4.75. The van der Waals surface area contributed by atoms with Crippen molar-refractivity contribution in [1.82, 2.24) is 25.5 Å². The third-order valence-corrected chi connectivity index (χ3v) is 2.86. The van der Waals surface area contributed by atoms with Crippen molar-refractivity contribution in [3.8, 4) is 5.75 Å². The Bertz CT molecular complexity index is 645. The minimum atomic E-state index is -0.281. The summed E-state index contributed by atoms with van der Waals surface area (Å²) in [4.78, 5) is 12.1. The first-order chi connectivity index (χ1) is 10.4. The Morgan fingerprint density at radius 3 is 2.82 bits per heavy atom. The van der Waals surface area contributed by atoms with Crippen LogP contribution in [0.5, 0.6) is 5.75 Å². The standard InChI is InChI=1S/C15H21N5O2/c1-5-20-13(17-18-19-20)10-22-12-8-6-7-11(9-12)14(21)16-15(2,3)4/h6-9H,5,10H2,1-4H3,(H,16,21). The molecule has 0 unspecified atom stereocenters. The van der Waals surface area contributed by atoms with Crippen molar-refractivity contribution >= 4 is 5.91 Å². The average Bonchev–Trinajstić information content (AvgIpc) is 2.91. The molecule has 1 aromatic heterocycles. The molecule has 1 amide bonds. The van der Waals surface area contributed by atoms with Crippen molar-refractivity contribution in [3.05, 3.63) is 35.7 Å². The molecule has 0 radical (unpaired) electrons. The van der Waals surface area contributed by atoms with Crippen LogP contribution in [0.1, 0.15) is 43.9 Å². The Morgan fingerprint density at radius 2 is 2.14 bits per heavy atom. The summed E-state index contributed by atoms with van der Waals surface area (Å²) in [5, 5.41) is 14.3. The highest BCUT2D eigenvalue weighted by Gasteiger charge is 2.15. The van der Waals surface area contributed by atoms with E-state index in [2.05, 4.69) is 20.8 Å². The van der Waals surface area contributed by atoms with E-state index in [1.54, 1.807) is 28.9 Å². The van der Waals surface area contributed by atoms with Gasteiger partial charge in [-0.05, 0) is 56.3 Å². The van der Waals surface area contributed by atoms with E-state index >= 15 is 0 Å². The maximum atomic E-state index is 12.1. The summed E-state index contributed by atoms with van der Waals surface area (Å²) in [7, 11) is 0. The van der Waals surface area contributed by atoms with Gasteiger partial charge >= 0.3 is 0 Å². The molecule has 118 valence electrons. The zero-order valence-corrected chi connectivity index (χ0v) is 13.3. The third kappa shape index (κ3) is 4.28. The van der Waals surface area contributed by atoms with Gasteiger partial charge in [0.25, 0.3) is 5.91 Å². The van der Waals surface area contributed by atoms with Gasteiger partial charge in [0.1, 0.15) is 12.4 Å². The summed E-state index contributed by atoms with van der Waals surface area (Å²) in [6.07, 6.45) is 0. The van der Waals surface area contributed by atoms with Crippen molar-refractivity contribution in [1.29, 1.82) is 0 Å². The Morgan fingerprint density at radius 1 is 1.36 bits per heavy atom. The van der Waals surface area contributed by atoms with Gasteiger partial charge in [-0.3, -0.25) is 4.79 Å². The van der Waals surface area contributed by atoms with Crippen LogP contribution in [-0.2, 0) is 13.2 Å². The van der Waals surface area contributed by atoms with Crippen molar-refractivity contribution in [3.63, 3.8) is 0 Å². The van der Waals surface area contributed by atoms with Crippen LogP contribution in [0.3, 0.4) is 0 Å². The molecule has 0 spiro atoms. The number of aromatic nitrogens is 4. The summed E-state index contributed by atoms with van der Waals surface area (Å²) in [5.41, 5.74) is 0.277. The highest BCUT2D eigenvalue weighted by atomic mass is 16.5. The number of nitrogens with one attached hydrogen (secondary N) is 1. The van der Waals surface area contributed by atoms with Gasteiger partial charge in [-0.2, -0.15) is 0 Å². The molecule has 2 rings (SSSR count). The number of amides is 1. The Labute approximate surface area is 129 Å². The fourth-order valence-electron chi connectivity index (χ4n) is 1.86. The molecule has 0 atom stereocenters. The van der Waals surface area contributed by atoms with Crippen LogP contribution in [0.15, 0.2) is 24.3 Å².